The minimum Gasteiger partial charge on any atom is -1.00 e. The van der Waals surface area contributed by atoms with Crippen LogP contribution in [0.3, 0.4) is 0 Å². The van der Waals surface area contributed by atoms with Crippen molar-refractivity contribution in [3.8, 4) is 0 Å². The molecule has 5 N–H and O–H groups in total. The number of esters is 2. The average molecular weight is 246 g/mol. The van der Waals surface area contributed by atoms with E-state index in [0.29, 0.717) is 0 Å². The Morgan fingerprint density at radius 3 is 2.20 bits per heavy atom. The first kappa shape index (κ1) is 17.2. The normalized spacial score (nSPS) is 13.3. The first-order chi connectivity index (χ1) is 6.34. The Hall–Kier alpha value is -0.210. The van der Waals surface area contributed by atoms with Crippen molar-refractivity contribution in [1.82, 2.24) is 0 Å². The maximum atomic E-state index is 10.9. The molecule has 0 aromatic rings. The number of aliphatic hydroxyl groups excluding tert-OH is 1. The van der Waals surface area contributed by atoms with Gasteiger partial charge < -0.3 is 24.2 Å². The molecule has 0 fully saturated rings. The van der Waals surface area contributed by atoms with E-state index < -0.39 is 36.4 Å². The number of hydrogen-bond donors (Lipinski definition) is 3. The van der Waals surface area contributed by atoms with E-state index in [2.05, 4.69) is 4.74 Å². The van der Waals surface area contributed by atoms with Gasteiger partial charge in [-0.3, -0.25) is 4.79 Å². The molecule has 84 valence electrons. The standard InChI is InChI=1S/C7H12N2O5.Ca.2H/c1-3(10)6(12)14-7(13)4(8)2-5(9)11;;;/h3-4,10H,2,8H2,1H3,(H2,9,11);;;/q;+2;2*-1. The summed E-state index contributed by atoms with van der Waals surface area (Å²) in [5.41, 5.74) is 9.92. The van der Waals surface area contributed by atoms with E-state index in [1.54, 1.807) is 0 Å². The Kier molecular flexibility index (Phi) is 9.17. The molecule has 7 nitrogen and oxygen atoms in total. The summed E-state index contributed by atoms with van der Waals surface area (Å²) in [5.74, 6) is -2.98. The summed E-state index contributed by atoms with van der Waals surface area (Å²) < 4.78 is 4.11. The van der Waals surface area contributed by atoms with Crippen molar-refractivity contribution >= 4 is 55.6 Å². The van der Waals surface area contributed by atoms with Gasteiger partial charge in [0.1, 0.15) is 12.1 Å². The molecule has 0 saturated heterocycles. The van der Waals surface area contributed by atoms with Crippen LogP contribution < -0.4 is 11.5 Å². The van der Waals surface area contributed by atoms with Gasteiger partial charge in [-0.05, 0) is 6.92 Å². The van der Waals surface area contributed by atoms with Crippen LogP contribution in [0.1, 0.15) is 16.2 Å². The minimum atomic E-state index is -1.42. The maximum Gasteiger partial charge on any atom is 2.00 e. The molecule has 2 unspecified atom stereocenters. The van der Waals surface area contributed by atoms with E-state index in [0.717, 1.165) is 6.92 Å². The third-order valence-electron chi connectivity index (χ3n) is 1.27. The number of rotatable bonds is 4. The minimum absolute atomic E-state index is 0. The molecule has 0 aromatic carbocycles. The molecule has 0 spiro atoms. The summed E-state index contributed by atoms with van der Waals surface area (Å²) in [6.07, 6.45) is -1.83. The number of nitrogens with two attached hydrogens (primary N) is 2. The Bertz CT molecular complexity index is 265. The molecule has 0 heterocycles. The summed E-state index contributed by atoms with van der Waals surface area (Å²) in [4.78, 5) is 31.9. The summed E-state index contributed by atoms with van der Waals surface area (Å²) in [6.45, 7) is 1.13. The molecule has 1 amide bonds. The van der Waals surface area contributed by atoms with Gasteiger partial charge in [-0.25, -0.2) is 9.59 Å². The average Bonchev–Trinajstić information content (AvgIpc) is 2.02. The topological polar surface area (TPSA) is 133 Å². The van der Waals surface area contributed by atoms with E-state index in [1.165, 1.54) is 0 Å². The maximum absolute atomic E-state index is 10.9. The van der Waals surface area contributed by atoms with Gasteiger partial charge >= 0.3 is 49.7 Å². The second-order valence-corrected chi connectivity index (χ2v) is 2.69. The van der Waals surface area contributed by atoms with Crippen molar-refractivity contribution in [1.29, 1.82) is 0 Å². The van der Waals surface area contributed by atoms with Gasteiger partial charge in [-0.15, -0.1) is 0 Å². The van der Waals surface area contributed by atoms with Gasteiger partial charge in [0.25, 0.3) is 0 Å². The molecule has 0 bridgehead atoms. The number of carbonyl (C=O) groups excluding carboxylic acids is 3. The molecule has 0 radical (unpaired) electrons. The Balaban J connectivity index is -0.000000282. The third kappa shape index (κ3) is 7.69. The Morgan fingerprint density at radius 1 is 1.40 bits per heavy atom. The zero-order chi connectivity index (χ0) is 11.3. The van der Waals surface area contributed by atoms with Crippen LogP contribution in [0.25, 0.3) is 0 Å². The second-order valence-electron chi connectivity index (χ2n) is 2.69. The first-order valence-electron chi connectivity index (χ1n) is 3.82. The van der Waals surface area contributed by atoms with Crippen molar-refractivity contribution in [3.05, 3.63) is 0 Å². The molecule has 0 aliphatic carbocycles. The fourth-order valence-corrected chi connectivity index (χ4v) is 0.560. The fourth-order valence-electron chi connectivity index (χ4n) is 0.560. The number of carbonyl (C=O) groups is 3. The van der Waals surface area contributed by atoms with Gasteiger partial charge in [0, 0.05) is 0 Å². The van der Waals surface area contributed by atoms with Crippen molar-refractivity contribution < 1.29 is 27.1 Å². The summed E-state index contributed by atoms with van der Waals surface area (Å²) in [7, 11) is 0. The molecule has 15 heavy (non-hydrogen) atoms. The predicted octanol–water partition coefficient (Wildman–Crippen LogP) is -2.52. The summed E-state index contributed by atoms with van der Waals surface area (Å²) in [6, 6.07) is -1.28. The molecule has 0 aliphatic rings. The van der Waals surface area contributed by atoms with E-state index in [4.69, 9.17) is 16.6 Å². The molecule has 0 saturated carbocycles. The van der Waals surface area contributed by atoms with Gasteiger partial charge in [0.2, 0.25) is 5.91 Å². The van der Waals surface area contributed by atoms with Crippen LogP contribution in [0, 0.1) is 0 Å². The van der Waals surface area contributed by atoms with Crippen LogP contribution in [0.5, 0.6) is 0 Å². The molecule has 2 atom stereocenters. The van der Waals surface area contributed by atoms with Gasteiger partial charge in [-0.2, -0.15) is 0 Å². The number of ether oxygens (including phenoxy) is 1. The van der Waals surface area contributed by atoms with E-state index >= 15 is 0 Å². The van der Waals surface area contributed by atoms with Crippen molar-refractivity contribution in [2.24, 2.45) is 11.5 Å². The predicted molar refractivity (Wildman–Crippen MR) is 52.5 cm³/mol. The van der Waals surface area contributed by atoms with Crippen LogP contribution >= 0.6 is 0 Å². The van der Waals surface area contributed by atoms with Crippen molar-refractivity contribution in [2.75, 3.05) is 0 Å². The van der Waals surface area contributed by atoms with Crippen molar-refractivity contribution in [2.45, 2.75) is 25.5 Å². The Morgan fingerprint density at radius 2 is 1.87 bits per heavy atom. The van der Waals surface area contributed by atoms with E-state index in [1.807, 2.05) is 0 Å². The zero-order valence-corrected chi connectivity index (χ0v) is 10.5. The summed E-state index contributed by atoms with van der Waals surface area (Å²) >= 11 is 0. The number of hydrogen-bond acceptors (Lipinski definition) is 6. The fraction of sp³-hybridized carbons (Fsp3) is 0.571. The molecule has 0 aromatic heterocycles. The van der Waals surface area contributed by atoms with Gasteiger partial charge in [0.05, 0.1) is 6.42 Å². The largest absolute Gasteiger partial charge is 2.00 e. The smallest absolute Gasteiger partial charge is 1.00 e. The molecular weight excluding hydrogens is 232 g/mol. The van der Waals surface area contributed by atoms with E-state index in [9.17, 15) is 14.4 Å². The van der Waals surface area contributed by atoms with Crippen LogP contribution in [0.15, 0.2) is 0 Å². The molecule has 0 aliphatic heterocycles. The van der Waals surface area contributed by atoms with E-state index in [-0.39, 0.29) is 40.6 Å². The number of primary amides is 1. The first-order valence-corrected chi connectivity index (χ1v) is 3.82. The number of amides is 1. The Labute approximate surface area is 119 Å². The SMILES string of the molecule is CC(O)C(=O)OC(=O)C(N)CC(N)=O.[Ca+2].[H-].[H-]. The summed E-state index contributed by atoms with van der Waals surface area (Å²) in [5, 5.41) is 8.67. The van der Waals surface area contributed by atoms with Crippen molar-refractivity contribution in [3.63, 3.8) is 0 Å². The second kappa shape index (κ2) is 8.00. The molecule has 0 rings (SSSR count). The quantitative estimate of drug-likeness (QED) is 0.285. The molecular formula is C7H14CaN2O5. The third-order valence-corrected chi connectivity index (χ3v) is 1.27. The van der Waals surface area contributed by atoms with Crippen LogP contribution in [0.4, 0.5) is 0 Å². The monoisotopic (exact) mass is 246 g/mol. The van der Waals surface area contributed by atoms with Gasteiger partial charge in [0.15, 0.2) is 0 Å². The molecule has 8 heteroatoms. The number of aliphatic hydroxyl groups is 1. The van der Waals surface area contributed by atoms with Crippen LogP contribution in [-0.4, -0.2) is 72.8 Å². The zero-order valence-electron chi connectivity index (χ0n) is 10.3. The van der Waals surface area contributed by atoms with Crippen LogP contribution in [0.2, 0.25) is 0 Å². The van der Waals surface area contributed by atoms with Crippen LogP contribution in [-0.2, 0) is 19.1 Å². The van der Waals surface area contributed by atoms with Gasteiger partial charge in [-0.1, -0.05) is 0 Å².